The number of hydrogen-bond acceptors (Lipinski definition) is 2. The molecule has 0 unspecified atom stereocenters. The standard InChI is InChI=1S/C9H21NO/c1-3-5-8-11-9-7-10-6-4-2/h10H,3-9H2,1-2H3. The maximum absolute atomic E-state index is 5.36. The zero-order chi connectivity index (χ0) is 8.36. The van der Waals surface area contributed by atoms with Crippen LogP contribution in [0.25, 0.3) is 0 Å². The summed E-state index contributed by atoms with van der Waals surface area (Å²) in [6, 6.07) is 0. The smallest absolute Gasteiger partial charge is 0.0590 e. The molecule has 0 fully saturated rings. The van der Waals surface area contributed by atoms with Crippen molar-refractivity contribution in [2.24, 2.45) is 0 Å². The molecule has 0 heterocycles. The summed E-state index contributed by atoms with van der Waals surface area (Å²) in [5.74, 6) is 0. The maximum atomic E-state index is 5.36. The molecule has 0 aliphatic rings. The summed E-state index contributed by atoms with van der Waals surface area (Å²) in [5.41, 5.74) is 0. The largest absolute Gasteiger partial charge is 0.380 e. The molecule has 0 aliphatic carbocycles. The zero-order valence-corrected chi connectivity index (χ0v) is 7.86. The minimum atomic E-state index is 0.861. The first-order valence-electron chi connectivity index (χ1n) is 4.70. The van der Waals surface area contributed by atoms with Crippen molar-refractivity contribution in [3.05, 3.63) is 0 Å². The van der Waals surface area contributed by atoms with Gasteiger partial charge in [0.05, 0.1) is 6.61 Å². The van der Waals surface area contributed by atoms with Crippen LogP contribution < -0.4 is 5.32 Å². The van der Waals surface area contributed by atoms with Crippen molar-refractivity contribution in [1.82, 2.24) is 5.32 Å². The highest BCUT2D eigenvalue weighted by atomic mass is 16.5. The first-order valence-corrected chi connectivity index (χ1v) is 4.70. The number of rotatable bonds is 8. The van der Waals surface area contributed by atoms with Crippen LogP contribution in [0.5, 0.6) is 0 Å². The molecule has 68 valence electrons. The number of hydrogen-bond donors (Lipinski definition) is 1. The van der Waals surface area contributed by atoms with Crippen molar-refractivity contribution in [1.29, 1.82) is 0 Å². The fourth-order valence-electron chi connectivity index (χ4n) is 0.795. The minimum Gasteiger partial charge on any atom is -0.380 e. The second-order valence-corrected chi connectivity index (χ2v) is 2.72. The van der Waals surface area contributed by atoms with E-state index in [0.717, 1.165) is 26.3 Å². The predicted octanol–water partition coefficient (Wildman–Crippen LogP) is 1.80. The Kier molecular flexibility index (Phi) is 9.85. The Balaban J connectivity index is 2.69. The van der Waals surface area contributed by atoms with Gasteiger partial charge in [0.25, 0.3) is 0 Å². The second kappa shape index (κ2) is 9.92. The molecule has 0 aliphatic heterocycles. The first-order chi connectivity index (χ1) is 5.41. The molecule has 0 atom stereocenters. The van der Waals surface area contributed by atoms with Crippen LogP contribution in [-0.4, -0.2) is 26.3 Å². The van der Waals surface area contributed by atoms with Gasteiger partial charge in [0, 0.05) is 13.2 Å². The molecule has 11 heavy (non-hydrogen) atoms. The highest BCUT2D eigenvalue weighted by Crippen LogP contribution is 1.86. The molecule has 0 rings (SSSR count). The Bertz CT molecular complexity index is 58.6. The summed E-state index contributed by atoms with van der Waals surface area (Å²) in [4.78, 5) is 0. The monoisotopic (exact) mass is 159 g/mol. The summed E-state index contributed by atoms with van der Waals surface area (Å²) in [5, 5.41) is 3.29. The van der Waals surface area contributed by atoms with E-state index in [2.05, 4.69) is 19.2 Å². The molecule has 1 N–H and O–H groups in total. The molecule has 0 radical (unpaired) electrons. The molecule has 0 aromatic carbocycles. The van der Waals surface area contributed by atoms with Crippen molar-refractivity contribution in [3.8, 4) is 0 Å². The maximum Gasteiger partial charge on any atom is 0.0590 e. The third-order valence-electron chi connectivity index (χ3n) is 1.49. The Labute approximate surface area is 70.3 Å². The van der Waals surface area contributed by atoms with Gasteiger partial charge in [0.2, 0.25) is 0 Å². The highest BCUT2D eigenvalue weighted by molar-refractivity contribution is 4.43. The van der Waals surface area contributed by atoms with Crippen LogP contribution in [0.2, 0.25) is 0 Å². The van der Waals surface area contributed by atoms with Crippen LogP contribution in [0, 0.1) is 0 Å². The van der Waals surface area contributed by atoms with E-state index < -0.39 is 0 Å². The lowest BCUT2D eigenvalue weighted by Gasteiger charge is -2.03. The van der Waals surface area contributed by atoms with E-state index in [1.54, 1.807) is 0 Å². The highest BCUT2D eigenvalue weighted by Gasteiger charge is 1.86. The predicted molar refractivity (Wildman–Crippen MR) is 48.9 cm³/mol. The van der Waals surface area contributed by atoms with Gasteiger partial charge in [-0.1, -0.05) is 20.3 Å². The van der Waals surface area contributed by atoms with Gasteiger partial charge in [-0.3, -0.25) is 0 Å². The van der Waals surface area contributed by atoms with Crippen molar-refractivity contribution in [2.45, 2.75) is 33.1 Å². The molecule has 0 spiro atoms. The van der Waals surface area contributed by atoms with Crippen molar-refractivity contribution in [2.75, 3.05) is 26.3 Å². The van der Waals surface area contributed by atoms with Crippen LogP contribution >= 0.6 is 0 Å². The van der Waals surface area contributed by atoms with E-state index in [1.165, 1.54) is 19.3 Å². The van der Waals surface area contributed by atoms with Gasteiger partial charge >= 0.3 is 0 Å². The van der Waals surface area contributed by atoms with Crippen LogP contribution in [0.4, 0.5) is 0 Å². The fourth-order valence-corrected chi connectivity index (χ4v) is 0.795. The Hall–Kier alpha value is -0.0800. The average molecular weight is 159 g/mol. The number of nitrogens with one attached hydrogen (secondary N) is 1. The van der Waals surface area contributed by atoms with Gasteiger partial charge in [-0.05, 0) is 19.4 Å². The molecule has 0 saturated heterocycles. The molecule has 2 heteroatoms. The Morgan fingerprint density at radius 2 is 1.82 bits per heavy atom. The van der Waals surface area contributed by atoms with Crippen LogP contribution in [0.1, 0.15) is 33.1 Å². The summed E-state index contributed by atoms with van der Waals surface area (Å²) >= 11 is 0. The lowest BCUT2D eigenvalue weighted by molar-refractivity contribution is 0.133. The van der Waals surface area contributed by atoms with E-state index in [4.69, 9.17) is 4.74 Å². The first kappa shape index (κ1) is 10.9. The molecule has 0 bridgehead atoms. The third-order valence-corrected chi connectivity index (χ3v) is 1.49. The average Bonchev–Trinajstić information content (AvgIpc) is 2.03. The number of unbranched alkanes of at least 4 members (excludes halogenated alkanes) is 1. The van der Waals surface area contributed by atoms with Gasteiger partial charge in [-0.25, -0.2) is 0 Å². The van der Waals surface area contributed by atoms with Gasteiger partial charge in [0.15, 0.2) is 0 Å². The number of ether oxygens (including phenoxy) is 1. The normalized spacial score (nSPS) is 10.4. The summed E-state index contributed by atoms with van der Waals surface area (Å²) in [6.07, 6.45) is 3.62. The van der Waals surface area contributed by atoms with Crippen molar-refractivity contribution >= 4 is 0 Å². The molecule has 0 saturated carbocycles. The van der Waals surface area contributed by atoms with Crippen molar-refractivity contribution < 1.29 is 4.74 Å². The van der Waals surface area contributed by atoms with E-state index in [1.807, 2.05) is 0 Å². The van der Waals surface area contributed by atoms with Crippen LogP contribution in [0.15, 0.2) is 0 Å². The van der Waals surface area contributed by atoms with E-state index >= 15 is 0 Å². The zero-order valence-electron chi connectivity index (χ0n) is 7.86. The lowest BCUT2D eigenvalue weighted by atomic mass is 10.4. The fraction of sp³-hybridized carbons (Fsp3) is 1.00. The van der Waals surface area contributed by atoms with Crippen LogP contribution in [0.3, 0.4) is 0 Å². The summed E-state index contributed by atoms with van der Waals surface area (Å²) < 4.78 is 5.36. The molecular weight excluding hydrogens is 138 g/mol. The Morgan fingerprint density at radius 1 is 1.00 bits per heavy atom. The SMILES string of the molecule is CCCCOCCNCCC. The van der Waals surface area contributed by atoms with Gasteiger partial charge in [0.1, 0.15) is 0 Å². The van der Waals surface area contributed by atoms with Gasteiger partial charge in [-0.2, -0.15) is 0 Å². The summed E-state index contributed by atoms with van der Waals surface area (Å²) in [6.45, 7) is 8.24. The minimum absolute atomic E-state index is 0.861. The molecule has 0 aromatic heterocycles. The van der Waals surface area contributed by atoms with E-state index in [9.17, 15) is 0 Å². The summed E-state index contributed by atoms with van der Waals surface area (Å²) in [7, 11) is 0. The molecule has 0 amide bonds. The molecule has 0 aromatic rings. The second-order valence-electron chi connectivity index (χ2n) is 2.72. The topological polar surface area (TPSA) is 21.3 Å². The van der Waals surface area contributed by atoms with Crippen molar-refractivity contribution in [3.63, 3.8) is 0 Å². The molecule has 2 nitrogen and oxygen atoms in total. The quantitative estimate of drug-likeness (QED) is 0.545. The van der Waals surface area contributed by atoms with Gasteiger partial charge in [-0.15, -0.1) is 0 Å². The van der Waals surface area contributed by atoms with E-state index in [-0.39, 0.29) is 0 Å². The lowest BCUT2D eigenvalue weighted by Crippen LogP contribution is -2.20. The molecular formula is C9H21NO. The van der Waals surface area contributed by atoms with Crippen LogP contribution in [-0.2, 0) is 4.74 Å². The third kappa shape index (κ3) is 9.92. The van der Waals surface area contributed by atoms with E-state index in [0.29, 0.717) is 0 Å². The van der Waals surface area contributed by atoms with Gasteiger partial charge < -0.3 is 10.1 Å². The Morgan fingerprint density at radius 3 is 2.45 bits per heavy atom.